The van der Waals surface area contributed by atoms with Crippen LogP contribution < -0.4 is 19.7 Å². The number of halogens is 2. The first-order valence-corrected chi connectivity index (χ1v) is 8.60. The van der Waals surface area contributed by atoms with Crippen molar-refractivity contribution in [3.05, 3.63) is 52.5 Å². The fourth-order valence-corrected chi connectivity index (χ4v) is 3.11. The lowest BCUT2D eigenvalue weighted by atomic mass is 10.1. The number of benzene rings is 2. The summed E-state index contributed by atoms with van der Waals surface area (Å²) in [4.78, 5) is 26.1. The monoisotopic (exact) mass is 394 g/mol. The predicted octanol–water partition coefficient (Wildman–Crippen LogP) is 2.91. The van der Waals surface area contributed by atoms with E-state index in [4.69, 9.17) is 32.7 Å². The third-order valence-corrected chi connectivity index (χ3v) is 4.25. The maximum atomic E-state index is 12.7. The van der Waals surface area contributed by atoms with E-state index in [-0.39, 0.29) is 25.0 Å². The molecule has 3 rings (SSSR count). The molecule has 136 valence electrons. The number of nitrogens with one attached hydrogen (secondary N) is 1. The Balaban J connectivity index is 1.77. The van der Waals surface area contributed by atoms with Gasteiger partial charge < -0.3 is 19.7 Å². The van der Waals surface area contributed by atoms with Crippen LogP contribution >= 0.6 is 23.2 Å². The van der Waals surface area contributed by atoms with Crippen LogP contribution in [0.15, 0.2) is 42.5 Å². The minimum absolute atomic E-state index is 0.0924. The first-order valence-electron chi connectivity index (χ1n) is 7.84. The highest BCUT2D eigenvalue weighted by Crippen LogP contribution is 2.33. The fourth-order valence-electron chi connectivity index (χ4n) is 2.60. The maximum absolute atomic E-state index is 12.7. The molecular weight excluding hydrogens is 379 g/mol. The zero-order valence-corrected chi connectivity index (χ0v) is 15.4. The number of carbonyl (C=O) groups excluding carboxylic acids is 2. The Morgan fingerprint density at radius 1 is 1.23 bits per heavy atom. The Labute approximate surface area is 160 Å². The molecule has 2 aromatic carbocycles. The van der Waals surface area contributed by atoms with Gasteiger partial charge >= 0.3 is 0 Å². The van der Waals surface area contributed by atoms with Crippen molar-refractivity contribution in [1.29, 1.82) is 0 Å². The molecule has 0 radical (unpaired) electrons. The van der Waals surface area contributed by atoms with Crippen LogP contribution in [0.1, 0.15) is 0 Å². The molecule has 1 aliphatic heterocycles. The normalized spacial score (nSPS) is 15.7. The van der Waals surface area contributed by atoms with Crippen LogP contribution in [0, 0.1) is 0 Å². The van der Waals surface area contributed by atoms with Gasteiger partial charge in [-0.25, -0.2) is 0 Å². The molecule has 26 heavy (non-hydrogen) atoms. The lowest BCUT2D eigenvalue weighted by Gasteiger charge is -2.33. The Bertz CT molecular complexity index is 823. The molecule has 6 nitrogen and oxygen atoms in total. The zero-order valence-electron chi connectivity index (χ0n) is 13.9. The number of fused-ring (bicyclic) bond motifs is 1. The van der Waals surface area contributed by atoms with Crippen LogP contribution in [0.5, 0.6) is 11.5 Å². The third kappa shape index (κ3) is 4.03. The second-order valence-electron chi connectivity index (χ2n) is 5.59. The van der Waals surface area contributed by atoms with Gasteiger partial charge in [-0.15, -0.1) is 0 Å². The van der Waals surface area contributed by atoms with E-state index in [9.17, 15) is 9.59 Å². The van der Waals surface area contributed by atoms with Gasteiger partial charge in [-0.3, -0.25) is 9.59 Å². The van der Waals surface area contributed by atoms with Crippen LogP contribution in [-0.4, -0.2) is 38.1 Å². The minimum atomic E-state index is -0.792. The van der Waals surface area contributed by atoms with Crippen LogP contribution in [-0.2, 0) is 9.59 Å². The average molecular weight is 395 g/mol. The van der Waals surface area contributed by atoms with Gasteiger partial charge in [0.2, 0.25) is 0 Å². The SMILES string of the molecule is CNC(=O)[C@H]1CN(C(=O)COc2cc(Cl)cc(Cl)c2)c2ccccc2O1. The minimum Gasteiger partial charge on any atom is -0.484 e. The van der Waals surface area contributed by atoms with E-state index in [1.54, 1.807) is 42.5 Å². The van der Waals surface area contributed by atoms with E-state index in [1.165, 1.54) is 11.9 Å². The fraction of sp³-hybridized carbons (Fsp3) is 0.222. The number of anilines is 1. The molecule has 0 aliphatic carbocycles. The average Bonchev–Trinajstić information content (AvgIpc) is 2.63. The molecule has 1 atom stereocenters. The summed E-state index contributed by atoms with van der Waals surface area (Å²) < 4.78 is 11.2. The largest absolute Gasteiger partial charge is 0.484 e. The number of nitrogens with zero attached hydrogens (tertiary/aromatic N) is 1. The Morgan fingerprint density at radius 2 is 1.92 bits per heavy atom. The van der Waals surface area contributed by atoms with Gasteiger partial charge in [-0.2, -0.15) is 0 Å². The number of para-hydroxylation sites is 2. The van der Waals surface area contributed by atoms with Crippen LogP contribution in [0.3, 0.4) is 0 Å². The number of likely N-dealkylation sites (N-methyl/N-ethyl adjacent to an activating group) is 1. The molecule has 0 saturated carbocycles. The molecule has 0 unspecified atom stereocenters. The van der Waals surface area contributed by atoms with E-state index < -0.39 is 6.10 Å². The van der Waals surface area contributed by atoms with Crippen molar-refractivity contribution in [1.82, 2.24) is 5.32 Å². The lowest BCUT2D eigenvalue weighted by Crippen LogP contribution is -2.51. The van der Waals surface area contributed by atoms with Gasteiger partial charge in [0.05, 0.1) is 12.2 Å². The van der Waals surface area contributed by atoms with Gasteiger partial charge in [0.25, 0.3) is 11.8 Å². The van der Waals surface area contributed by atoms with Gasteiger partial charge in [0, 0.05) is 17.1 Å². The van der Waals surface area contributed by atoms with Crippen molar-refractivity contribution in [2.45, 2.75) is 6.10 Å². The first kappa shape index (κ1) is 18.4. The topological polar surface area (TPSA) is 67.9 Å². The molecule has 0 aromatic heterocycles. The van der Waals surface area contributed by atoms with E-state index in [1.807, 2.05) is 0 Å². The summed E-state index contributed by atoms with van der Waals surface area (Å²) in [5.41, 5.74) is 0.588. The van der Waals surface area contributed by atoms with Crippen LogP contribution in [0.4, 0.5) is 5.69 Å². The highest BCUT2D eigenvalue weighted by Gasteiger charge is 2.33. The van der Waals surface area contributed by atoms with Crippen molar-refractivity contribution >= 4 is 40.7 Å². The quantitative estimate of drug-likeness (QED) is 0.865. The van der Waals surface area contributed by atoms with Gasteiger partial charge in [0.15, 0.2) is 12.7 Å². The highest BCUT2D eigenvalue weighted by molar-refractivity contribution is 6.34. The van der Waals surface area contributed by atoms with Crippen molar-refractivity contribution in [3.8, 4) is 11.5 Å². The summed E-state index contributed by atoms with van der Waals surface area (Å²) in [5, 5.41) is 3.36. The lowest BCUT2D eigenvalue weighted by molar-refractivity contribution is -0.128. The number of carbonyl (C=O) groups is 2. The summed E-state index contributed by atoms with van der Waals surface area (Å²) in [6.45, 7) is -0.138. The van der Waals surface area contributed by atoms with E-state index >= 15 is 0 Å². The zero-order chi connectivity index (χ0) is 18.7. The number of hydrogen-bond donors (Lipinski definition) is 1. The highest BCUT2D eigenvalue weighted by atomic mass is 35.5. The standard InChI is InChI=1S/C18H16Cl2N2O4/c1-21-18(24)16-9-22(14-4-2-3-5-15(14)26-16)17(23)10-25-13-7-11(19)6-12(20)8-13/h2-8,16H,9-10H2,1H3,(H,21,24)/t16-/m1/s1. The summed E-state index contributed by atoms with van der Waals surface area (Å²) >= 11 is 11.9. The third-order valence-electron chi connectivity index (χ3n) is 3.81. The van der Waals surface area contributed by atoms with Gasteiger partial charge in [0.1, 0.15) is 11.5 Å². The molecule has 1 heterocycles. The maximum Gasteiger partial charge on any atom is 0.265 e. The molecule has 0 saturated heterocycles. The summed E-state index contributed by atoms with van der Waals surface area (Å²) in [5.74, 6) is 0.234. The van der Waals surface area contributed by atoms with Crippen LogP contribution in [0.2, 0.25) is 10.0 Å². The molecule has 8 heteroatoms. The Morgan fingerprint density at radius 3 is 2.62 bits per heavy atom. The van der Waals surface area contributed by atoms with Crippen molar-refractivity contribution in [2.75, 3.05) is 25.1 Å². The first-order chi connectivity index (χ1) is 12.5. The van der Waals surface area contributed by atoms with E-state index in [2.05, 4.69) is 5.32 Å². The molecule has 0 spiro atoms. The van der Waals surface area contributed by atoms with E-state index in [0.29, 0.717) is 27.2 Å². The smallest absolute Gasteiger partial charge is 0.265 e. The van der Waals surface area contributed by atoms with Gasteiger partial charge in [-0.05, 0) is 30.3 Å². The summed E-state index contributed by atoms with van der Waals surface area (Å²) in [6.07, 6.45) is -0.792. The molecule has 1 N–H and O–H groups in total. The molecular formula is C18H16Cl2N2O4. The van der Waals surface area contributed by atoms with Crippen molar-refractivity contribution in [2.24, 2.45) is 0 Å². The number of amides is 2. The Kier molecular flexibility index (Phi) is 5.54. The Hall–Kier alpha value is -2.44. The van der Waals surface area contributed by atoms with Crippen molar-refractivity contribution < 1.29 is 19.1 Å². The van der Waals surface area contributed by atoms with Crippen molar-refractivity contribution in [3.63, 3.8) is 0 Å². The van der Waals surface area contributed by atoms with Gasteiger partial charge in [-0.1, -0.05) is 35.3 Å². The van der Waals surface area contributed by atoms with Crippen LogP contribution in [0.25, 0.3) is 0 Å². The predicted molar refractivity (Wildman–Crippen MR) is 99.2 cm³/mol. The van der Waals surface area contributed by atoms with E-state index in [0.717, 1.165) is 0 Å². The molecule has 2 aromatic rings. The summed E-state index contributed by atoms with van der Waals surface area (Å²) in [7, 11) is 1.52. The second-order valence-corrected chi connectivity index (χ2v) is 6.46. The molecule has 0 fully saturated rings. The number of hydrogen-bond acceptors (Lipinski definition) is 4. The number of ether oxygens (including phenoxy) is 2. The summed E-state index contributed by atoms with van der Waals surface area (Å²) in [6, 6.07) is 11.7. The molecule has 2 amide bonds. The molecule has 0 bridgehead atoms. The second kappa shape index (κ2) is 7.85. The number of rotatable bonds is 4. The molecule has 1 aliphatic rings.